The zero-order chi connectivity index (χ0) is 10.9. The molecule has 0 unspecified atom stereocenters. The summed E-state index contributed by atoms with van der Waals surface area (Å²) < 4.78 is 0. The minimum absolute atomic E-state index is 0.997. The van der Waals surface area contributed by atoms with Gasteiger partial charge in [0.25, 0.3) is 0 Å². The van der Waals surface area contributed by atoms with E-state index in [1.165, 1.54) is 24.0 Å². The van der Waals surface area contributed by atoms with Gasteiger partial charge in [0.1, 0.15) is 0 Å². The Labute approximate surface area is 93.2 Å². The summed E-state index contributed by atoms with van der Waals surface area (Å²) in [6.45, 7) is 6.35. The van der Waals surface area contributed by atoms with Crippen LogP contribution in [0.4, 0.5) is 0 Å². The van der Waals surface area contributed by atoms with Crippen LogP contribution in [0.2, 0.25) is 0 Å². The van der Waals surface area contributed by atoms with Crippen molar-refractivity contribution in [1.82, 2.24) is 5.32 Å². The van der Waals surface area contributed by atoms with E-state index in [2.05, 4.69) is 55.6 Å². The molecule has 1 N–H and O–H groups in total. The van der Waals surface area contributed by atoms with Gasteiger partial charge in [-0.25, -0.2) is 0 Å². The predicted octanol–water partition coefficient (Wildman–Crippen LogP) is 3.18. The molecule has 0 spiro atoms. The molecule has 0 aliphatic rings. The molecular weight excluding hydrogens is 182 g/mol. The summed E-state index contributed by atoms with van der Waals surface area (Å²) in [5.74, 6) is 0. The Kier molecular flexibility index (Phi) is 5.79. The van der Waals surface area contributed by atoms with Gasteiger partial charge in [-0.15, -0.1) is 0 Å². The monoisotopic (exact) mass is 203 g/mol. The van der Waals surface area contributed by atoms with Gasteiger partial charge in [-0.2, -0.15) is 0 Å². The molecule has 0 aliphatic carbocycles. The summed E-state index contributed by atoms with van der Waals surface area (Å²) in [6.07, 6.45) is 4.60. The quantitative estimate of drug-likeness (QED) is 0.553. The van der Waals surface area contributed by atoms with Crippen LogP contribution >= 0.6 is 0 Å². The minimum Gasteiger partial charge on any atom is -0.313 e. The zero-order valence-electron chi connectivity index (χ0n) is 9.79. The fourth-order valence-corrected chi connectivity index (χ4v) is 1.44. The van der Waals surface area contributed by atoms with Crippen LogP contribution in [-0.2, 0) is 6.42 Å². The van der Waals surface area contributed by atoms with E-state index in [0.29, 0.717) is 0 Å². The van der Waals surface area contributed by atoms with Gasteiger partial charge in [-0.1, -0.05) is 42.0 Å². The van der Waals surface area contributed by atoms with Crippen LogP contribution in [0.1, 0.15) is 25.8 Å². The van der Waals surface area contributed by atoms with Crippen molar-refractivity contribution in [3.8, 4) is 0 Å². The summed E-state index contributed by atoms with van der Waals surface area (Å²) >= 11 is 0. The Morgan fingerprint density at radius 2 is 1.93 bits per heavy atom. The first-order valence-corrected chi connectivity index (χ1v) is 5.67. The van der Waals surface area contributed by atoms with Crippen LogP contribution in [0.15, 0.2) is 42.0 Å². The fraction of sp³-hybridized carbons (Fsp3) is 0.429. The summed E-state index contributed by atoms with van der Waals surface area (Å²) in [5, 5.41) is 3.41. The normalized spacial score (nSPS) is 10.0. The lowest BCUT2D eigenvalue weighted by molar-refractivity contribution is 0.691. The van der Waals surface area contributed by atoms with E-state index in [1.807, 2.05) is 0 Å². The highest BCUT2D eigenvalue weighted by molar-refractivity contribution is 5.14. The van der Waals surface area contributed by atoms with Crippen LogP contribution < -0.4 is 5.32 Å². The van der Waals surface area contributed by atoms with Crippen molar-refractivity contribution in [3.05, 3.63) is 47.5 Å². The molecule has 0 heterocycles. The van der Waals surface area contributed by atoms with Crippen LogP contribution in [0.3, 0.4) is 0 Å². The number of allylic oxidation sites excluding steroid dienone is 1. The Bertz CT molecular complexity index is 283. The Morgan fingerprint density at radius 1 is 1.20 bits per heavy atom. The highest BCUT2D eigenvalue weighted by Gasteiger charge is 1.90. The van der Waals surface area contributed by atoms with Gasteiger partial charge >= 0.3 is 0 Å². The van der Waals surface area contributed by atoms with Crippen LogP contribution in [-0.4, -0.2) is 13.1 Å². The third-order valence-electron chi connectivity index (χ3n) is 2.32. The Morgan fingerprint density at radius 3 is 2.60 bits per heavy atom. The van der Waals surface area contributed by atoms with Crippen molar-refractivity contribution in [3.63, 3.8) is 0 Å². The lowest BCUT2D eigenvalue weighted by Gasteiger charge is -2.02. The van der Waals surface area contributed by atoms with Crippen molar-refractivity contribution in [2.24, 2.45) is 0 Å². The molecule has 1 rings (SSSR count). The van der Waals surface area contributed by atoms with Crippen molar-refractivity contribution < 1.29 is 0 Å². The molecule has 0 aromatic heterocycles. The second-order valence-corrected chi connectivity index (χ2v) is 4.07. The van der Waals surface area contributed by atoms with E-state index in [-0.39, 0.29) is 0 Å². The number of benzene rings is 1. The molecule has 1 aromatic rings. The molecule has 0 saturated carbocycles. The maximum atomic E-state index is 3.41. The van der Waals surface area contributed by atoms with Crippen molar-refractivity contribution >= 4 is 0 Å². The third-order valence-corrected chi connectivity index (χ3v) is 2.32. The van der Waals surface area contributed by atoms with Gasteiger partial charge in [0, 0.05) is 6.54 Å². The molecule has 1 aromatic carbocycles. The highest BCUT2D eigenvalue weighted by atomic mass is 14.8. The smallest absolute Gasteiger partial charge is 0.0137 e. The van der Waals surface area contributed by atoms with Crippen LogP contribution in [0.25, 0.3) is 0 Å². The number of aryl methyl sites for hydroxylation is 1. The predicted molar refractivity (Wildman–Crippen MR) is 67.1 cm³/mol. The van der Waals surface area contributed by atoms with E-state index in [1.54, 1.807) is 0 Å². The average Bonchev–Trinajstić information content (AvgIpc) is 2.24. The lowest BCUT2D eigenvalue weighted by atomic mass is 10.1. The number of rotatable bonds is 6. The highest BCUT2D eigenvalue weighted by Crippen LogP contribution is 2.01. The van der Waals surface area contributed by atoms with Crippen molar-refractivity contribution in [1.29, 1.82) is 0 Å². The molecular formula is C14H21N. The molecule has 0 aliphatic heterocycles. The molecule has 1 nitrogen and oxygen atoms in total. The van der Waals surface area contributed by atoms with E-state index < -0.39 is 0 Å². The van der Waals surface area contributed by atoms with E-state index in [9.17, 15) is 0 Å². The fourth-order valence-electron chi connectivity index (χ4n) is 1.44. The summed E-state index contributed by atoms with van der Waals surface area (Å²) in [6, 6.07) is 10.7. The summed E-state index contributed by atoms with van der Waals surface area (Å²) in [7, 11) is 0. The first kappa shape index (κ1) is 12.0. The first-order chi connectivity index (χ1) is 7.29. The summed E-state index contributed by atoms with van der Waals surface area (Å²) in [5.41, 5.74) is 2.81. The van der Waals surface area contributed by atoms with Gasteiger partial charge in [0.05, 0.1) is 0 Å². The van der Waals surface area contributed by atoms with Crippen molar-refractivity contribution in [2.45, 2.75) is 26.7 Å². The number of hydrogen-bond acceptors (Lipinski definition) is 1. The molecule has 82 valence electrons. The average molecular weight is 203 g/mol. The SMILES string of the molecule is CC(C)=CCNCCCc1ccccc1. The zero-order valence-corrected chi connectivity index (χ0v) is 9.79. The molecule has 1 heteroatoms. The molecule has 0 saturated heterocycles. The topological polar surface area (TPSA) is 12.0 Å². The molecule has 0 amide bonds. The standard InChI is InChI=1S/C14H21N/c1-13(2)10-12-15-11-6-9-14-7-4-3-5-8-14/h3-5,7-8,10,15H,6,9,11-12H2,1-2H3. The Hall–Kier alpha value is -1.08. The van der Waals surface area contributed by atoms with Crippen LogP contribution in [0.5, 0.6) is 0 Å². The molecule has 0 fully saturated rings. The maximum Gasteiger partial charge on any atom is 0.0137 e. The van der Waals surface area contributed by atoms with E-state index in [4.69, 9.17) is 0 Å². The van der Waals surface area contributed by atoms with E-state index in [0.717, 1.165) is 13.1 Å². The summed E-state index contributed by atoms with van der Waals surface area (Å²) in [4.78, 5) is 0. The largest absolute Gasteiger partial charge is 0.313 e. The lowest BCUT2D eigenvalue weighted by Crippen LogP contribution is -2.15. The maximum absolute atomic E-state index is 3.41. The van der Waals surface area contributed by atoms with Gasteiger partial charge in [-0.05, 0) is 38.8 Å². The number of nitrogens with one attached hydrogen (secondary N) is 1. The Balaban J connectivity index is 2.05. The first-order valence-electron chi connectivity index (χ1n) is 5.67. The van der Waals surface area contributed by atoms with Crippen LogP contribution in [0, 0.1) is 0 Å². The minimum atomic E-state index is 0.997. The van der Waals surface area contributed by atoms with Gasteiger partial charge in [0.2, 0.25) is 0 Å². The molecule has 0 radical (unpaired) electrons. The second-order valence-electron chi connectivity index (χ2n) is 4.07. The number of hydrogen-bond donors (Lipinski definition) is 1. The van der Waals surface area contributed by atoms with Gasteiger partial charge < -0.3 is 5.32 Å². The third kappa shape index (κ3) is 6.08. The van der Waals surface area contributed by atoms with Crippen molar-refractivity contribution in [2.75, 3.05) is 13.1 Å². The van der Waals surface area contributed by atoms with Gasteiger partial charge in [0.15, 0.2) is 0 Å². The van der Waals surface area contributed by atoms with Gasteiger partial charge in [-0.3, -0.25) is 0 Å². The second kappa shape index (κ2) is 7.24. The molecule has 0 bridgehead atoms. The van der Waals surface area contributed by atoms with E-state index >= 15 is 0 Å². The molecule has 15 heavy (non-hydrogen) atoms. The molecule has 0 atom stereocenters.